The molecule has 0 aliphatic rings. The highest BCUT2D eigenvalue weighted by Gasteiger charge is 2.32. The normalized spacial score (nSPS) is 10.6. The van der Waals surface area contributed by atoms with E-state index in [2.05, 4.69) is 17.8 Å². The van der Waals surface area contributed by atoms with Gasteiger partial charge in [0, 0.05) is 0 Å². The summed E-state index contributed by atoms with van der Waals surface area (Å²) < 4.78 is 27.7. The van der Waals surface area contributed by atoms with E-state index in [9.17, 15) is 0 Å². The van der Waals surface area contributed by atoms with Crippen LogP contribution in [-0.2, 0) is 25.6 Å². The van der Waals surface area contributed by atoms with Gasteiger partial charge in [-0.25, -0.2) is 0 Å². The maximum Gasteiger partial charge on any atom is 0.118 e. The van der Waals surface area contributed by atoms with Crippen LogP contribution in [0.25, 0.3) is 0 Å². The Kier molecular flexibility index (Phi) is 11.5. The molecule has 1 aromatic carbocycles. The van der Waals surface area contributed by atoms with Gasteiger partial charge in [0.15, 0.2) is 0 Å². The zero-order valence-corrected chi connectivity index (χ0v) is 15.7. The predicted octanol–water partition coefficient (Wildman–Crippen LogP) is 2.15. The third-order valence-electron chi connectivity index (χ3n) is 3.62. The summed E-state index contributed by atoms with van der Waals surface area (Å²) in [6.45, 7) is 2.21. The number of rotatable bonds is 14. The molecule has 0 heterocycles. The summed E-state index contributed by atoms with van der Waals surface area (Å²) >= 11 is 0. The van der Waals surface area contributed by atoms with E-state index < -0.39 is 5.41 Å². The molecule has 0 unspecified atom stereocenters. The Morgan fingerprint density at radius 3 is 1.59 bits per heavy atom. The topological polar surface area (TPSA) is 46.2 Å². The SMILES string of the molecule is C#CCOCC(COCC#C)(COCC#C)COCc1ccc(OC)cc1. The minimum atomic E-state index is -0.572. The third-order valence-corrected chi connectivity index (χ3v) is 3.62. The van der Waals surface area contributed by atoms with E-state index in [1.165, 1.54) is 0 Å². The summed E-state index contributed by atoms with van der Waals surface area (Å²) in [6.07, 6.45) is 15.8. The largest absolute Gasteiger partial charge is 0.497 e. The highest BCUT2D eigenvalue weighted by molar-refractivity contribution is 5.26. The Hall–Kier alpha value is -2.46. The molecule has 0 fully saturated rings. The Morgan fingerprint density at radius 1 is 0.741 bits per heavy atom. The Morgan fingerprint density at radius 2 is 1.19 bits per heavy atom. The number of hydrogen-bond donors (Lipinski definition) is 0. The monoisotopic (exact) mass is 370 g/mol. The second kappa shape index (κ2) is 13.7. The van der Waals surface area contributed by atoms with Gasteiger partial charge < -0.3 is 23.7 Å². The van der Waals surface area contributed by atoms with Crippen molar-refractivity contribution in [1.82, 2.24) is 0 Å². The average Bonchev–Trinajstić information content (AvgIpc) is 2.69. The van der Waals surface area contributed by atoms with Crippen molar-refractivity contribution in [1.29, 1.82) is 0 Å². The van der Waals surface area contributed by atoms with E-state index in [1.54, 1.807) is 7.11 Å². The highest BCUT2D eigenvalue weighted by Crippen LogP contribution is 2.22. The number of methoxy groups -OCH3 is 1. The Labute approximate surface area is 162 Å². The molecule has 0 atom stereocenters. The fourth-order valence-electron chi connectivity index (χ4n) is 2.34. The molecule has 0 saturated heterocycles. The summed E-state index contributed by atoms with van der Waals surface area (Å²) in [5.41, 5.74) is 0.445. The van der Waals surface area contributed by atoms with Crippen LogP contribution in [0.1, 0.15) is 5.56 Å². The smallest absolute Gasteiger partial charge is 0.118 e. The molecule has 144 valence electrons. The Bertz CT molecular complexity index is 595. The molecule has 5 nitrogen and oxygen atoms in total. The predicted molar refractivity (Wildman–Crippen MR) is 104 cm³/mol. The van der Waals surface area contributed by atoms with Crippen LogP contribution >= 0.6 is 0 Å². The molecule has 0 N–H and O–H groups in total. The van der Waals surface area contributed by atoms with Crippen LogP contribution in [0.5, 0.6) is 5.75 Å². The minimum Gasteiger partial charge on any atom is -0.497 e. The van der Waals surface area contributed by atoms with Crippen molar-refractivity contribution >= 4 is 0 Å². The van der Waals surface area contributed by atoms with Crippen LogP contribution in [0.15, 0.2) is 24.3 Å². The van der Waals surface area contributed by atoms with E-state index in [0.29, 0.717) is 33.0 Å². The Balaban J connectivity index is 2.72. The van der Waals surface area contributed by atoms with Gasteiger partial charge in [0.1, 0.15) is 25.6 Å². The van der Waals surface area contributed by atoms with Crippen molar-refractivity contribution in [2.45, 2.75) is 6.61 Å². The fraction of sp³-hybridized carbons (Fsp3) is 0.455. The molecular formula is C22H26O5. The van der Waals surface area contributed by atoms with E-state index in [0.717, 1.165) is 11.3 Å². The van der Waals surface area contributed by atoms with Crippen LogP contribution in [0.2, 0.25) is 0 Å². The van der Waals surface area contributed by atoms with Crippen molar-refractivity contribution in [2.75, 3.05) is 53.4 Å². The van der Waals surface area contributed by atoms with E-state index >= 15 is 0 Å². The third kappa shape index (κ3) is 9.15. The summed E-state index contributed by atoms with van der Waals surface area (Å²) in [5, 5.41) is 0. The van der Waals surface area contributed by atoms with Gasteiger partial charge in [-0.2, -0.15) is 0 Å². The van der Waals surface area contributed by atoms with Crippen LogP contribution in [-0.4, -0.2) is 53.4 Å². The van der Waals surface area contributed by atoms with Crippen molar-refractivity contribution in [3.63, 3.8) is 0 Å². The zero-order chi connectivity index (χ0) is 19.8. The highest BCUT2D eigenvalue weighted by atomic mass is 16.5. The first-order chi connectivity index (χ1) is 13.2. The molecule has 5 heteroatoms. The van der Waals surface area contributed by atoms with Gasteiger partial charge in [0.25, 0.3) is 0 Å². The lowest BCUT2D eigenvalue weighted by molar-refractivity contribution is -0.0989. The first-order valence-corrected chi connectivity index (χ1v) is 8.44. The molecule has 1 aromatic rings. The van der Waals surface area contributed by atoms with E-state index in [4.69, 9.17) is 43.0 Å². The number of terminal acetylenes is 3. The summed E-state index contributed by atoms with van der Waals surface area (Å²) in [6, 6.07) is 7.65. The number of benzene rings is 1. The van der Waals surface area contributed by atoms with Gasteiger partial charge in [0.05, 0.1) is 45.6 Å². The van der Waals surface area contributed by atoms with Gasteiger partial charge in [-0.15, -0.1) is 19.3 Å². The first kappa shape index (κ1) is 22.6. The van der Waals surface area contributed by atoms with Crippen molar-refractivity contribution in [3.8, 4) is 42.8 Å². The second-order valence-corrected chi connectivity index (χ2v) is 5.93. The molecule has 0 spiro atoms. The molecule has 0 saturated carbocycles. The molecule has 0 radical (unpaired) electrons. The van der Waals surface area contributed by atoms with Gasteiger partial charge in [0.2, 0.25) is 0 Å². The van der Waals surface area contributed by atoms with Crippen LogP contribution < -0.4 is 4.74 Å². The van der Waals surface area contributed by atoms with Crippen molar-refractivity contribution < 1.29 is 23.7 Å². The zero-order valence-electron chi connectivity index (χ0n) is 15.7. The minimum absolute atomic E-state index is 0.185. The maximum atomic E-state index is 5.92. The van der Waals surface area contributed by atoms with Crippen LogP contribution in [0.3, 0.4) is 0 Å². The van der Waals surface area contributed by atoms with Crippen molar-refractivity contribution in [3.05, 3.63) is 29.8 Å². The lowest BCUT2D eigenvalue weighted by atomic mass is 9.92. The molecule has 0 aliphatic heterocycles. The maximum absolute atomic E-state index is 5.92. The number of hydrogen-bond acceptors (Lipinski definition) is 5. The van der Waals surface area contributed by atoms with Crippen LogP contribution in [0.4, 0.5) is 0 Å². The summed E-state index contributed by atoms with van der Waals surface area (Å²) in [4.78, 5) is 0. The lowest BCUT2D eigenvalue weighted by Gasteiger charge is -2.32. The van der Waals surface area contributed by atoms with E-state index in [-0.39, 0.29) is 19.8 Å². The molecule has 0 amide bonds. The average molecular weight is 370 g/mol. The first-order valence-electron chi connectivity index (χ1n) is 8.44. The lowest BCUT2D eigenvalue weighted by Crippen LogP contribution is -2.42. The van der Waals surface area contributed by atoms with Crippen LogP contribution in [0, 0.1) is 42.4 Å². The summed E-state index contributed by atoms with van der Waals surface area (Å²) in [5.74, 6) is 8.13. The van der Waals surface area contributed by atoms with Gasteiger partial charge in [-0.1, -0.05) is 29.9 Å². The van der Waals surface area contributed by atoms with Crippen molar-refractivity contribution in [2.24, 2.45) is 5.41 Å². The van der Waals surface area contributed by atoms with Gasteiger partial charge in [-0.3, -0.25) is 0 Å². The summed E-state index contributed by atoms with van der Waals surface area (Å²) in [7, 11) is 1.63. The van der Waals surface area contributed by atoms with Gasteiger partial charge >= 0.3 is 0 Å². The van der Waals surface area contributed by atoms with E-state index in [1.807, 2.05) is 24.3 Å². The number of ether oxygens (including phenoxy) is 5. The second-order valence-electron chi connectivity index (χ2n) is 5.93. The quantitative estimate of drug-likeness (QED) is 0.371. The standard InChI is InChI=1S/C22H26O5/c1-5-12-24-16-22(17-25-13-6-2,18-26-14-7-3)19-27-15-20-8-10-21(23-4)11-9-20/h1-3,8-11H,12-19H2,4H3. The van der Waals surface area contributed by atoms with Gasteiger partial charge in [-0.05, 0) is 17.7 Å². The molecule has 1 rings (SSSR count). The molecule has 27 heavy (non-hydrogen) atoms. The molecule has 0 bridgehead atoms. The molecule has 0 aromatic heterocycles. The fourth-order valence-corrected chi connectivity index (χ4v) is 2.34. The molecular weight excluding hydrogens is 344 g/mol. The molecule has 0 aliphatic carbocycles.